The van der Waals surface area contributed by atoms with Gasteiger partial charge in [0.1, 0.15) is 11.6 Å². The molecule has 0 radical (unpaired) electrons. The van der Waals surface area contributed by atoms with E-state index in [2.05, 4.69) is 20.5 Å². The first kappa shape index (κ1) is 16.3. The van der Waals surface area contributed by atoms with Gasteiger partial charge in [0, 0.05) is 31.1 Å². The van der Waals surface area contributed by atoms with Gasteiger partial charge in [0.2, 0.25) is 0 Å². The van der Waals surface area contributed by atoms with E-state index in [-0.39, 0.29) is 11.1 Å². The van der Waals surface area contributed by atoms with Crippen molar-refractivity contribution in [3.8, 4) is 0 Å². The number of aromatic nitrogens is 3. The highest BCUT2D eigenvalue weighted by molar-refractivity contribution is 6.31. The maximum Gasteiger partial charge on any atom is 0.321 e. The topological polar surface area (TPSA) is 73.9 Å². The van der Waals surface area contributed by atoms with Crippen LogP contribution in [-0.4, -0.2) is 39.2 Å². The Labute approximate surface area is 149 Å². The molecule has 132 valence electrons. The molecule has 0 bridgehead atoms. The lowest BCUT2D eigenvalue weighted by atomic mass is 10.1. The molecule has 2 fully saturated rings. The Kier molecular flexibility index (Phi) is 4.33. The monoisotopic (exact) mass is 363 g/mol. The molecule has 1 atom stereocenters. The fourth-order valence-electron chi connectivity index (χ4n) is 3.16. The highest BCUT2D eigenvalue weighted by atomic mass is 35.5. The number of hydrogen-bond donors (Lipinski definition) is 2. The van der Waals surface area contributed by atoms with E-state index in [1.165, 1.54) is 31.0 Å². The number of rotatable bonds is 4. The van der Waals surface area contributed by atoms with Gasteiger partial charge in [-0.1, -0.05) is 11.6 Å². The average Bonchev–Trinajstić information content (AvgIpc) is 3.15. The van der Waals surface area contributed by atoms with Crippen LogP contribution in [0, 0.1) is 11.7 Å². The van der Waals surface area contributed by atoms with Crippen LogP contribution < -0.4 is 5.32 Å². The van der Waals surface area contributed by atoms with E-state index in [1.54, 1.807) is 4.90 Å². The normalized spacial score (nSPS) is 20.1. The fourth-order valence-corrected chi connectivity index (χ4v) is 3.34. The Hall–Kier alpha value is -2.15. The molecule has 2 aromatic rings. The number of aromatic amines is 1. The third-order valence-electron chi connectivity index (χ3n) is 4.72. The molecule has 1 unspecified atom stereocenters. The van der Waals surface area contributed by atoms with Crippen molar-refractivity contribution < 1.29 is 9.18 Å². The first-order valence-electron chi connectivity index (χ1n) is 8.50. The smallest absolute Gasteiger partial charge is 0.321 e. The van der Waals surface area contributed by atoms with Crippen molar-refractivity contribution in [2.75, 3.05) is 18.4 Å². The second-order valence-electron chi connectivity index (χ2n) is 6.78. The molecule has 4 rings (SSSR count). The van der Waals surface area contributed by atoms with Crippen LogP contribution in [0.4, 0.5) is 14.9 Å². The minimum atomic E-state index is -0.501. The maximum atomic E-state index is 13.2. The van der Waals surface area contributed by atoms with Crippen LogP contribution in [0.15, 0.2) is 18.2 Å². The SMILES string of the molecule is O=C(Nc1ccc(F)c(Cl)c1)N1CCC(Cc2nc(C3CC3)n[nH]2)C1. The molecule has 2 amide bonds. The predicted octanol–water partition coefficient (Wildman–Crippen LogP) is 3.57. The van der Waals surface area contributed by atoms with Gasteiger partial charge in [-0.15, -0.1) is 0 Å². The third-order valence-corrected chi connectivity index (χ3v) is 5.01. The maximum absolute atomic E-state index is 13.2. The fraction of sp³-hybridized carbons (Fsp3) is 0.471. The first-order valence-corrected chi connectivity index (χ1v) is 8.88. The number of amides is 2. The summed E-state index contributed by atoms with van der Waals surface area (Å²) in [6.45, 7) is 1.36. The molecule has 1 aliphatic carbocycles. The summed E-state index contributed by atoms with van der Waals surface area (Å²) < 4.78 is 13.2. The number of likely N-dealkylation sites (tertiary alicyclic amines) is 1. The molecule has 1 aliphatic heterocycles. The average molecular weight is 364 g/mol. The van der Waals surface area contributed by atoms with E-state index in [0.29, 0.717) is 30.6 Å². The Morgan fingerprint density at radius 2 is 2.24 bits per heavy atom. The molecule has 2 aliphatic rings. The molecule has 2 N–H and O–H groups in total. The van der Waals surface area contributed by atoms with Gasteiger partial charge in [0.25, 0.3) is 0 Å². The summed E-state index contributed by atoms with van der Waals surface area (Å²) in [4.78, 5) is 18.7. The lowest BCUT2D eigenvalue weighted by Gasteiger charge is -2.17. The van der Waals surface area contributed by atoms with Crippen molar-refractivity contribution in [1.82, 2.24) is 20.1 Å². The number of H-pyrrole nitrogens is 1. The van der Waals surface area contributed by atoms with E-state index < -0.39 is 5.82 Å². The van der Waals surface area contributed by atoms with E-state index in [9.17, 15) is 9.18 Å². The number of hydrogen-bond acceptors (Lipinski definition) is 3. The quantitative estimate of drug-likeness (QED) is 0.872. The second kappa shape index (κ2) is 6.63. The summed E-state index contributed by atoms with van der Waals surface area (Å²) in [5, 5.41) is 10.1. The predicted molar refractivity (Wildman–Crippen MR) is 92.2 cm³/mol. The van der Waals surface area contributed by atoms with E-state index in [0.717, 1.165) is 24.5 Å². The second-order valence-corrected chi connectivity index (χ2v) is 7.19. The summed E-state index contributed by atoms with van der Waals surface area (Å²) in [6, 6.07) is 3.96. The molecular weight excluding hydrogens is 345 g/mol. The van der Waals surface area contributed by atoms with Crippen LogP contribution in [-0.2, 0) is 6.42 Å². The number of carbonyl (C=O) groups is 1. The van der Waals surface area contributed by atoms with Crippen molar-refractivity contribution in [2.45, 2.75) is 31.6 Å². The molecule has 1 aromatic heterocycles. The van der Waals surface area contributed by atoms with Gasteiger partial charge in [0.15, 0.2) is 5.82 Å². The molecule has 2 heterocycles. The summed E-state index contributed by atoms with van der Waals surface area (Å²) in [5.74, 6) is 2.23. The third kappa shape index (κ3) is 3.76. The largest absolute Gasteiger partial charge is 0.324 e. The lowest BCUT2D eigenvalue weighted by Crippen LogP contribution is -2.33. The molecule has 1 aromatic carbocycles. The molecule has 6 nitrogen and oxygen atoms in total. The molecular formula is C17H19ClFN5O. The summed E-state index contributed by atoms with van der Waals surface area (Å²) in [7, 11) is 0. The van der Waals surface area contributed by atoms with Gasteiger partial charge in [-0.25, -0.2) is 14.2 Å². The van der Waals surface area contributed by atoms with Crippen molar-refractivity contribution in [3.63, 3.8) is 0 Å². The van der Waals surface area contributed by atoms with Crippen LogP contribution in [0.3, 0.4) is 0 Å². The summed E-state index contributed by atoms with van der Waals surface area (Å²) >= 11 is 5.74. The number of benzene rings is 1. The number of anilines is 1. The van der Waals surface area contributed by atoms with E-state index >= 15 is 0 Å². The number of halogens is 2. The molecule has 0 spiro atoms. The van der Waals surface area contributed by atoms with E-state index in [1.807, 2.05) is 0 Å². The standard InChI is InChI=1S/C17H19ClFN5O/c18-13-8-12(3-4-14(13)19)20-17(25)24-6-5-10(9-24)7-15-21-16(23-22-15)11-1-2-11/h3-4,8,10-11H,1-2,5-7,9H2,(H,20,25)(H,21,22,23). The zero-order chi connectivity index (χ0) is 17.4. The van der Waals surface area contributed by atoms with Crippen molar-refractivity contribution >= 4 is 23.3 Å². The highest BCUT2D eigenvalue weighted by Crippen LogP contribution is 2.37. The zero-order valence-electron chi connectivity index (χ0n) is 13.6. The number of urea groups is 1. The number of nitrogens with zero attached hydrogens (tertiary/aromatic N) is 3. The summed E-state index contributed by atoms with van der Waals surface area (Å²) in [6.07, 6.45) is 4.09. The van der Waals surface area contributed by atoms with Crippen molar-refractivity contribution in [1.29, 1.82) is 0 Å². The Morgan fingerprint density at radius 3 is 3.00 bits per heavy atom. The Morgan fingerprint density at radius 1 is 1.40 bits per heavy atom. The van der Waals surface area contributed by atoms with Gasteiger partial charge >= 0.3 is 6.03 Å². The van der Waals surface area contributed by atoms with E-state index in [4.69, 9.17) is 11.6 Å². The number of carbonyl (C=O) groups excluding carboxylic acids is 1. The first-order chi connectivity index (χ1) is 12.1. The molecule has 1 saturated heterocycles. The van der Waals surface area contributed by atoms with Crippen LogP contribution in [0.25, 0.3) is 0 Å². The van der Waals surface area contributed by atoms with Gasteiger partial charge in [-0.3, -0.25) is 5.10 Å². The van der Waals surface area contributed by atoms with Gasteiger partial charge in [-0.2, -0.15) is 5.10 Å². The Balaban J connectivity index is 1.31. The van der Waals surface area contributed by atoms with Crippen molar-refractivity contribution in [3.05, 3.63) is 40.7 Å². The van der Waals surface area contributed by atoms with Gasteiger partial charge < -0.3 is 10.2 Å². The van der Waals surface area contributed by atoms with Crippen LogP contribution in [0.2, 0.25) is 5.02 Å². The molecule has 25 heavy (non-hydrogen) atoms. The van der Waals surface area contributed by atoms with Crippen LogP contribution in [0.5, 0.6) is 0 Å². The van der Waals surface area contributed by atoms with Crippen LogP contribution >= 0.6 is 11.6 Å². The minimum Gasteiger partial charge on any atom is -0.324 e. The zero-order valence-corrected chi connectivity index (χ0v) is 14.4. The highest BCUT2D eigenvalue weighted by Gasteiger charge is 2.30. The lowest BCUT2D eigenvalue weighted by molar-refractivity contribution is 0.220. The van der Waals surface area contributed by atoms with Gasteiger partial charge in [-0.05, 0) is 43.4 Å². The Bertz CT molecular complexity index is 791. The molecule has 8 heteroatoms. The minimum absolute atomic E-state index is 0.00566. The summed E-state index contributed by atoms with van der Waals surface area (Å²) in [5.41, 5.74) is 0.490. The molecule has 1 saturated carbocycles. The van der Waals surface area contributed by atoms with Gasteiger partial charge in [0.05, 0.1) is 5.02 Å². The van der Waals surface area contributed by atoms with Crippen molar-refractivity contribution in [2.24, 2.45) is 5.92 Å². The van der Waals surface area contributed by atoms with Crippen LogP contribution in [0.1, 0.15) is 36.8 Å². The number of nitrogens with one attached hydrogen (secondary N) is 2.